The van der Waals surface area contributed by atoms with E-state index < -0.39 is 0 Å². The van der Waals surface area contributed by atoms with Crippen molar-refractivity contribution in [2.75, 3.05) is 6.54 Å². The van der Waals surface area contributed by atoms with Gasteiger partial charge in [0.1, 0.15) is 5.69 Å². The van der Waals surface area contributed by atoms with Crippen LogP contribution in [0.15, 0.2) is 18.3 Å². The highest BCUT2D eigenvalue weighted by Gasteiger charge is 2.11. The average Bonchev–Trinajstić information content (AvgIpc) is 2.27. The van der Waals surface area contributed by atoms with Crippen LogP contribution in [0.25, 0.3) is 0 Å². The Morgan fingerprint density at radius 3 is 3.00 bits per heavy atom. The zero-order valence-electron chi connectivity index (χ0n) is 9.66. The summed E-state index contributed by atoms with van der Waals surface area (Å²) in [7, 11) is 0. The van der Waals surface area contributed by atoms with Gasteiger partial charge in [-0.25, -0.2) is 0 Å². The molecule has 1 amide bonds. The maximum absolute atomic E-state index is 11.8. The first-order valence-corrected chi connectivity index (χ1v) is 6.40. The smallest absolute Gasteiger partial charge is 0.270 e. The summed E-state index contributed by atoms with van der Waals surface area (Å²) in [5.41, 5.74) is 1.42. The van der Waals surface area contributed by atoms with Gasteiger partial charge >= 0.3 is 0 Å². The van der Waals surface area contributed by atoms with Crippen molar-refractivity contribution in [3.8, 4) is 0 Å². The molecule has 0 bridgehead atoms. The lowest BCUT2D eigenvalue weighted by Gasteiger charge is -2.10. The van der Waals surface area contributed by atoms with E-state index in [1.165, 1.54) is 0 Å². The second-order valence-electron chi connectivity index (χ2n) is 3.76. The zero-order valence-corrected chi connectivity index (χ0v) is 11.3. The van der Waals surface area contributed by atoms with Crippen LogP contribution in [0, 0.1) is 6.92 Å². The van der Waals surface area contributed by atoms with Crippen LogP contribution in [-0.4, -0.2) is 22.3 Å². The second-order valence-corrected chi connectivity index (χ2v) is 5.06. The summed E-state index contributed by atoms with van der Waals surface area (Å²) in [4.78, 5) is 16.2. The van der Waals surface area contributed by atoms with Crippen LogP contribution in [0.3, 0.4) is 0 Å². The van der Waals surface area contributed by atoms with Crippen LogP contribution in [0.5, 0.6) is 0 Å². The molecule has 1 heterocycles. The van der Waals surface area contributed by atoms with Gasteiger partial charge in [-0.1, -0.05) is 35.3 Å². The molecule has 0 aromatic carbocycles. The number of pyridine rings is 1. The number of carbonyl (C=O) groups is 1. The minimum atomic E-state index is -0.0985. The molecular formula is C12H17BrN2O. The quantitative estimate of drug-likeness (QED) is 0.845. The van der Waals surface area contributed by atoms with E-state index >= 15 is 0 Å². The van der Waals surface area contributed by atoms with Crippen molar-refractivity contribution in [2.24, 2.45) is 0 Å². The Kier molecular flexibility index (Phi) is 5.46. The first-order chi connectivity index (χ1) is 7.65. The number of alkyl halides is 1. The molecule has 1 N–H and O–H groups in total. The predicted molar refractivity (Wildman–Crippen MR) is 68.9 cm³/mol. The van der Waals surface area contributed by atoms with E-state index in [-0.39, 0.29) is 5.91 Å². The maximum atomic E-state index is 11.8. The van der Waals surface area contributed by atoms with Gasteiger partial charge in [-0.3, -0.25) is 9.78 Å². The molecule has 0 saturated carbocycles. The van der Waals surface area contributed by atoms with E-state index in [0.29, 0.717) is 17.1 Å². The van der Waals surface area contributed by atoms with Gasteiger partial charge in [-0.2, -0.15) is 0 Å². The molecule has 0 aliphatic rings. The molecule has 16 heavy (non-hydrogen) atoms. The lowest BCUT2D eigenvalue weighted by molar-refractivity contribution is 0.0948. The SMILES string of the molecule is CCCC(Br)CNC(=O)c1ncccc1C. The summed E-state index contributed by atoms with van der Waals surface area (Å²) >= 11 is 3.52. The highest BCUT2D eigenvalue weighted by Crippen LogP contribution is 2.07. The minimum absolute atomic E-state index is 0.0985. The molecule has 1 atom stereocenters. The number of carbonyl (C=O) groups excluding carboxylic acids is 1. The summed E-state index contributed by atoms with van der Waals surface area (Å²) in [6, 6.07) is 3.72. The molecule has 4 heteroatoms. The molecule has 0 spiro atoms. The Labute approximate surface area is 105 Å². The fraction of sp³-hybridized carbons (Fsp3) is 0.500. The number of rotatable bonds is 5. The van der Waals surface area contributed by atoms with Gasteiger partial charge in [-0.15, -0.1) is 0 Å². The summed E-state index contributed by atoms with van der Waals surface area (Å²) in [5, 5.41) is 2.88. The Morgan fingerprint density at radius 2 is 2.38 bits per heavy atom. The summed E-state index contributed by atoms with van der Waals surface area (Å²) in [6.45, 7) is 4.65. The number of nitrogens with one attached hydrogen (secondary N) is 1. The summed E-state index contributed by atoms with van der Waals surface area (Å²) in [6.07, 6.45) is 3.80. The van der Waals surface area contributed by atoms with Gasteiger partial charge in [-0.05, 0) is 25.0 Å². The lowest BCUT2D eigenvalue weighted by Crippen LogP contribution is -2.30. The molecule has 0 aliphatic heterocycles. The van der Waals surface area contributed by atoms with Crippen molar-refractivity contribution in [3.63, 3.8) is 0 Å². The molecule has 0 radical (unpaired) electrons. The highest BCUT2D eigenvalue weighted by molar-refractivity contribution is 9.09. The maximum Gasteiger partial charge on any atom is 0.270 e. The Hall–Kier alpha value is -0.900. The van der Waals surface area contributed by atoms with E-state index in [1.54, 1.807) is 6.20 Å². The van der Waals surface area contributed by atoms with E-state index in [0.717, 1.165) is 18.4 Å². The molecule has 0 aliphatic carbocycles. The predicted octanol–water partition coefficient (Wildman–Crippen LogP) is 2.68. The van der Waals surface area contributed by atoms with Crippen LogP contribution >= 0.6 is 15.9 Å². The number of nitrogens with zero attached hydrogens (tertiary/aromatic N) is 1. The third kappa shape index (κ3) is 3.93. The molecule has 1 unspecified atom stereocenters. The van der Waals surface area contributed by atoms with Gasteiger partial charge in [0.15, 0.2) is 0 Å². The van der Waals surface area contributed by atoms with Gasteiger partial charge < -0.3 is 5.32 Å². The molecular weight excluding hydrogens is 268 g/mol. The highest BCUT2D eigenvalue weighted by atomic mass is 79.9. The van der Waals surface area contributed by atoms with Gasteiger partial charge in [0.05, 0.1) is 0 Å². The Bertz CT molecular complexity index is 355. The van der Waals surface area contributed by atoms with E-state index in [4.69, 9.17) is 0 Å². The van der Waals surface area contributed by atoms with Crippen molar-refractivity contribution in [1.29, 1.82) is 0 Å². The van der Waals surface area contributed by atoms with Crippen LogP contribution in [0.2, 0.25) is 0 Å². The van der Waals surface area contributed by atoms with Gasteiger partial charge in [0, 0.05) is 17.6 Å². The number of aromatic nitrogens is 1. The molecule has 88 valence electrons. The van der Waals surface area contributed by atoms with Crippen molar-refractivity contribution in [2.45, 2.75) is 31.5 Å². The molecule has 3 nitrogen and oxygen atoms in total. The van der Waals surface area contributed by atoms with Crippen LogP contribution < -0.4 is 5.32 Å². The summed E-state index contributed by atoms with van der Waals surface area (Å²) < 4.78 is 0. The Morgan fingerprint density at radius 1 is 1.62 bits per heavy atom. The third-order valence-electron chi connectivity index (χ3n) is 2.31. The minimum Gasteiger partial charge on any atom is -0.350 e. The molecule has 1 aromatic rings. The first kappa shape index (κ1) is 13.2. The number of hydrogen-bond donors (Lipinski definition) is 1. The van der Waals surface area contributed by atoms with Crippen LogP contribution in [-0.2, 0) is 0 Å². The fourth-order valence-corrected chi connectivity index (χ4v) is 2.05. The standard InChI is InChI=1S/C12H17BrN2O/c1-3-5-10(13)8-15-12(16)11-9(2)6-4-7-14-11/h4,6-7,10H,3,5,8H2,1-2H3,(H,15,16). The first-order valence-electron chi connectivity index (χ1n) is 5.49. The molecule has 0 fully saturated rings. The lowest BCUT2D eigenvalue weighted by atomic mass is 10.2. The average molecular weight is 285 g/mol. The molecule has 1 aromatic heterocycles. The van der Waals surface area contributed by atoms with E-state index in [9.17, 15) is 4.79 Å². The van der Waals surface area contributed by atoms with E-state index in [1.807, 2.05) is 19.1 Å². The van der Waals surface area contributed by atoms with Crippen LogP contribution in [0.1, 0.15) is 35.8 Å². The number of hydrogen-bond acceptors (Lipinski definition) is 2. The molecule has 1 rings (SSSR count). The normalized spacial score (nSPS) is 12.2. The van der Waals surface area contributed by atoms with Crippen molar-refractivity contribution in [1.82, 2.24) is 10.3 Å². The largest absolute Gasteiger partial charge is 0.350 e. The zero-order chi connectivity index (χ0) is 12.0. The number of aryl methyl sites for hydroxylation is 1. The van der Waals surface area contributed by atoms with E-state index in [2.05, 4.69) is 33.2 Å². The number of amides is 1. The van der Waals surface area contributed by atoms with Crippen molar-refractivity contribution >= 4 is 21.8 Å². The van der Waals surface area contributed by atoms with Gasteiger partial charge in [0.25, 0.3) is 5.91 Å². The molecule has 0 saturated heterocycles. The third-order valence-corrected chi connectivity index (χ3v) is 3.09. The summed E-state index contributed by atoms with van der Waals surface area (Å²) in [5.74, 6) is -0.0985. The monoisotopic (exact) mass is 284 g/mol. The topological polar surface area (TPSA) is 42.0 Å². The van der Waals surface area contributed by atoms with Gasteiger partial charge in [0.2, 0.25) is 0 Å². The van der Waals surface area contributed by atoms with Crippen molar-refractivity contribution < 1.29 is 4.79 Å². The van der Waals surface area contributed by atoms with Crippen LogP contribution in [0.4, 0.5) is 0 Å². The number of halogens is 1. The Balaban J connectivity index is 2.50. The second kappa shape index (κ2) is 6.63. The van der Waals surface area contributed by atoms with Crippen molar-refractivity contribution in [3.05, 3.63) is 29.6 Å². The fourth-order valence-electron chi connectivity index (χ4n) is 1.43.